The van der Waals surface area contributed by atoms with Gasteiger partial charge in [0.15, 0.2) is 11.6 Å². The van der Waals surface area contributed by atoms with E-state index in [2.05, 4.69) is 34.9 Å². The largest absolute Gasteiger partial charge is 0.481 e. The van der Waals surface area contributed by atoms with Crippen LogP contribution in [-0.4, -0.2) is 62.6 Å². The number of hydrogen-bond donors (Lipinski definition) is 1. The zero-order chi connectivity index (χ0) is 26.7. The first-order valence-electron chi connectivity index (χ1n) is 11.0. The maximum absolute atomic E-state index is 13.5. The van der Waals surface area contributed by atoms with Crippen LogP contribution in [0.3, 0.4) is 0 Å². The number of methoxy groups -OCH3 is 2. The fourth-order valence-corrected chi connectivity index (χ4v) is 4.83. The lowest BCUT2D eigenvalue weighted by atomic mass is 10.2. The van der Waals surface area contributed by atoms with E-state index in [0.29, 0.717) is 28.2 Å². The van der Waals surface area contributed by atoms with E-state index in [1.54, 1.807) is 38.2 Å². The van der Waals surface area contributed by atoms with Crippen LogP contribution < -0.4 is 9.46 Å². The fraction of sp³-hybridized carbons (Fsp3) is 0.364. The van der Waals surface area contributed by atoms with Gasteiger partial charge in [-0.05, 0) is 26.8 Å². The molecule has 4 aromatic heterocycles. The molecule has 4 rings (SSSR count). The number of oxazole rings is 1. The highest BCUT2D eigenvalue weighted by atomic mass is 35.5. The fourth-order valence-electron chi connectivity index (χ4n) is 3.59. The number of halogens is 1. The topological polar surface area (TPSA) is 160 Å². The van der Waals surface area contributed by atoms with Gasteiger partial charge < -0.3 is 13.9 Å². The van der Waals surface area contributed by atoms with Crippen molar-refractivity contribution in [3.05, 3.63) is 59.3 Å². The molecule has 3 atom stereocenters. The quantitative estimate of drug-likeness (QED) is 0.310. The summed E-state index contributed by atoms with van der Waals surface area (Å²) in [6.45, 7) is 5.01. The average molecular weight is 549 g/mol. The van der Waals surface area contributed by atoms with Crippen molar-refractivity contribution >= 4 is 27.6 Å². The molecule has 13 nitrogen and oxygen atoms in total. The Hall–Kier alpha value is -3.62. The minimum absolute atomic E-state index is 0.0679. The van der Waals surface area contributed by atoms with Crippen LogP contribution in [0.2, 0.25) is 5.02 Å². The van der Waals surface area contributed by atoms with Crippen molar-refractivity contribution in [3.63, 3.8) is 0 Å². The van der Waals surface area contributed by atoms with Crippen LogP contribution in [0.15, 0.2) is 41.2 Å². The van der Waals surface area contributed by atoms with E-state index >= 15 is 0 Å². The van der Waals surface area contributed by atoms with Crippen LogP contribution in [0.4, 0.5) is 5.95 Å². The summed E-state index contributed by atoms with van der Waals surface area (Å²) in [7, 11) is -1.24. The number of hydrogen-bond acceptors (Lipinski definition) is 11. The van der Waals surface area contributed by atoms with Gasteiger partial charge in [0.1, 0.15) is 28.8 Å². The van der Waals surface area contributed by atoms with Gasteiger partial charge in [-0.25, -0.2) is 28.4 Å². The van der Waals surface area contributed by atoms with Crippen LogP contribution in [0, 0.1) is 6.92 Å². The van der Waals surface area contributed by atoms with Crippen molar-refractivity contribution in [1.82, 2.24) is 34.7 Å². The van der Waals surface area contributed by atoms with Crippen molar-refractivity contribution in [2.24, 2.45) is 0 Å². The summed E-state index contributed by atoms with van der Waals surface area (Å²) >= 11 is 5.87. The molecule has 0 bridgehead atoms. The van der Waals surface area contributed by atoms with E-state index in [1.807, 2.05) is 0 Å². The monoisotopic (exact) mass is 548 g/mol. The molecular formula is C22H25ClN8O5S. The standard InChI is InChI=1S/C22H25ClN8O5S/c1-12-9-26-21(36-12)13(2)31-20(16-7-6-8-17(27-16)34-4)28-29-22(31)30-37(32,33)14(3)18(35-5)19-24-10-15(23)11-25-19/h6-11,13-14,18H,1-5H3,(H,29,30). The molecule has 4 aromatic rings. The van der Waals surface area contributed by atoms with Crippen LogP contribution in [-0.2, 0) is 14.8 Å². The first-order chi connectivity index (χ1) is 17.6. The molecule has 1 N–H and O–H groups in total. The molecule has 0 saturated heterocycles. The molecular weight excluding hydrogens is 524 g/mol. The minimum atomic E-state index is -4.11. The lowest BCUT2D eigenvalue weighted by Crippen LogP contribution is -2.33. The van der Waals surface area contributed by atoms with Crippen LogP contribution in [0.25, 0.3) is 11.5 Å². The van der Waals surface area contributed by atoms with Gasteiger partial charge in [-0.2, -0.15) is 0 Å². The average Bonchev–Trinajstić information content (AvgIpc) is 3.51. The lowest BCUT2D eigenvalue weighted by molar-refractivity contribution is 0.0950. The highest BCUT2D eigenvalue weighted by Gasteiger charge is 2.35. The van der Waals surface area contributed by atoms with Crippen molar-refractivity contribution in [2.45, 2.75) is 38.2 Å². The number of sulfonamides is 1. The molecule has 0 aromatic carbocycles. The Labute approximate surface area is 218 Å². The van der Waals surface area contributed by atoms with Gasteiger partial charge in [0.25, 0.3) is 0 Å². The molecule has 0 saturated carbocycles. The van der Waals surface area contributed by atoms with Gasteiger partial charge in [-0.15, -0.1) is 10.2 Å². The van der Waals surface area contributed by atoms with E-state index < -0.39 is 27.4 Å². The minimum Gasteiger partial charge on any atom is -0.481 e. The maximum atomic E-state index is 13.5. The Kier molecular flexibility index (Phi) is 7.71. The van der Waals surface area contributed by atoms with Gasteiger partial charge in [0, 0.05) is 25.6 Å². The highest BCUT2D eigenvalue weighted by molar-refractivity contribution is 7.93. The molecule has 0 amide bonds. The number of aryl methyl sites for hydroxylation is 1. The number of rotatable bonds is 10. The predicted octanol–water partition coefficient (Wildman–Crippen LogP) is 3.22. The molecule has 0 aliphatic carbocycles. The zero-order valence-electron chi connectivity index (χ0n) is 20.7. The number of ether oxygens (including phenoxy) is 2. The molecule has 0 radical (unpaired) electrons. The molecule has 15 heteroatoms. The summed E-state index contributed by atoms with van der Waals surface area (Å²) in [5.41, 5.74) is 0.407. The summed E-state index contributed by atoms with van der Waals surface area (Å²) in [6.07, 6.45) is 3.32. The second-order valence-corrected chi connectivity index (χ2v) is 10.5. The molecule has 0 spiro atoms. The molecule has 0 fully saturated rings. The van der Waals surface area contributed by atoms with E-state index in [1.165, 1.54) is 38.1 Å². The second-order valence-electron chi connectivity index (χ2n) is 8.04. The summed E-state index contributed by atoms with van der Waals surface area (Å²) in [5.74, 6) is 1.65. The summed E-state index contributed by atoms with van der Waals surface area (Å²) in [5, 5.41) is 7.53. The molecule has 0 aliphatic heterocycles. The first kappa shape index (κ1) is 26.4. The first-order valence-corrected chi connectivity index (χ1v) is 13.0. The smallest absolute Gasteiger partial charge is 0.240 e. The van der Waals surface area contributed by atoms with Crippen molar-refractivity contribution in [1.29, 1.82) is 0 Å². The number of aromatic nitrogens is 7. The second kappa shape index (κ2) is 10.8. The van der Waals surface area contributed by atoms with E-state index in [4.69, 9.17) is 25.5 Å². The van der Waals surface area contributed by atoms with Gasteiger partial charge in [0.05, 0.1) is 18.3 Å². The number of pyridine rings is 1. The van der Waals surface area contributed by atoms with E-state index in [-0.39, 0.29) is 17.6 Å². The van der Waals surface area contributed by atoms with Gasteiger partial charge in [-0.3, -0.25) is 9.29 Å². The highest BCUT2D eigenvalue weighted by Crippen LogP contribution is 2.31. The van der Waals surface area contributed by atoms with Gasteiger partial charge >= 0.3 is 0 Å². The number of nitrogens with zero attached hydrogens (tertiary/aromatic N) is 7. The lowest BCUT2D eigenvalue weighted by Gasteiger charge is -2.23. The third-order valence-corrected chi connectivity index (χ3v) is 7.43. The third kappa shape index (κ3) is 5.55. The van der Waals surface area contributed by atoms with Crippen LogP contribution in [0.1, 0.15) is 43.5 Å². The van der Waals surface area contributed by atoms with Crippen LogP contribution in [0.5, 0.6) is 5.88 Å². The molecule has 196 valence electrons. The summed E-state index contributed by atoms with van der Waals surface area (Å²) in [6, 6.07) is 4.52. The normalized spacial score (nSPS) is 14.2. The third-order valence-electron chi connectivity index (χ3n) is 5.54. The zero-order valence-corrected chi connectivity index (χ0v) is 22.2. The van der Waals surface area contributed by atoms with E-state index in [9.17, 15) is 8.42 Å². The maximum Gasteiger partial charge on any atom is 0.240 e. The Morgan fingerprint density at radius 3 is 2.43 bits per heavy atom. The Balaban J connectivity index is 1.74. The number of anilines is 1. The van der Waals surface area contributed by atoms with Crippen LogP contribution >= 0.6 is 11.6 Å². The predicted molar refractivity (Wildman–Crippen MR) is 134 cm³/mol. The molecule has 0 aliphatic rings. The Morgan fingerprint density at radius 1 is 1.08 bits per heavy atom. The summed E-state index contributed by atoms with van der Waals surface area (Å²) in [4.78, 5) is 16.9. The SMILES string of the molecule is COc1cccc(-c2nnc(NS(=O)(=O)C(C)C(OC)c3ncc(Cl)cn3)n2C(C)c2ncc(C)o2)n1. The van der Waals surface area contributed by atoms with Crippen molar-refractivity contribution < 1.29 is 22.3 Å². The number of nitrogens with one attached hydrogen (secondary N) is 1. The van der Waals surface area contributed by atoms with Crippen molar-refractivity contribution in [3.8, 4) is 17.4 Å². The molecule has 37 heavy (non-hydrogen) atoms. The Bertz CT molecular complexity index is 1470. The van der Waals surface area contributed by atoms with Crippen molar-refractivity contribution in [2.75, 3.05) is 18.9 Å². The molecule has 4 heterocycles. The molecule has 3 unspecified atom stereocenters. The van der Waals surface area contributed by atoms with Gasteiger partial charge in [-0.1, -0.05) is 17.7 Å². The Morgan fingerprint density at radius 2 is 1.81 bits per heavy atom. The summed E-state index contributed by atoms with van der Waals surface area (Å²) < 4.78 is 47.4. The van der Waals surface area contributed by atoms with Gasteiger partial charge in [0.2, 0.25) is 27.7 Å². The van der Waals surface area contributed by atoms with E-state index in [0.717, 1.165) is 0 Å².